The number of aliphatic hydroxyl groups is 3. The standard InChI is InChI=1S/C27H58N2O3/c1-6-8-9-10-11-12-13-14-15-16-17-18-19-21-25(31)28-24(20-7-2)27(32)29-26(22(3)4)23(5)30/h22-32H,6-21H2,1-5H3/t23?,24-,25?,26?,27?/m0/s1. The lowest BCUT2D eigenvalue weighted by atomic mass is 9.98. The van der Waals surface area contributed by atoms with E-state index in [9.17, 15) is 15.3 Å². The molecule has 4 unspecified atom stereocenters. The topological polar surface area (TPSA) is 84.8 Å². The summed E-state index contributed by atoms with van der Waals surface area (Å²) in [6.07, 6.45) is 17.6. The zero-order chi connectivity index (χ0) is 24.2. The minimum atomic E-state index is -0.793. The first-order valence-electron chi connectivity index (χ1n) is 13.9. The van der Waals surface area contributed by atoms with E-state index in [0.717, 1.165) is 25.7 Å². The Balaban J connectivity index is 3.91. The highest BCUT2D eigenvalue weighted by atomic mass is 16.3. The first-order chi connectivity index (χ1) is 15.3. The molecule has 32 heavy (non-hydrogen) atoms. The summed E-state index contributed by atoms with van der Waals surface area (Å²) in [6, 6.07) is -0.402. The van der Waals surface area contributed by atoms with Crippen LogP contribution in [0.5, 0.6) is 0 Å². The minimum absolute atomic E-state index is 0.177. The molecule has 0 aromatic carbocycles. The fourth-order valence-electron chi connectivity index (χ4n) is 4.53. The fraction of sp³-hybridized carbons (Fsp3) is 1.00. The molecule has 0 aliphatic carbocycles. The van der Waals surface area contributed by atoms with Crippen molar-refractivity contribution in [3.63, 3.8) is 0 Å². The lowest BCUT2D eigenvalue weighted by molar-refractivity contribution is 0.0107. The quantitative estimate of drug-likeness (QED) is 0.0978. The second-order valence-electron chi connectivity index (χ2n) is 10.2. The van der Waals surface area contributed by atoms with Crippen molar-refractivity contribution in [1.82, 2.24) is 10.6 Å². The molecule has 0 amide bonds. The van der Waals surface area contributed by atoms with E-state index < -0.39 is 18.6 Å². The summed E-state index contributed by atoms with van der Waals surface area (Å²) in [5.41, 5.74) is 0. The van der Waals surface area contributed by atoms with Crippen LogP contribution in [0.4, 0.5) is 0 Å². The van der Waals surface area contributed by atoms with E-state index in [1.54, 1.807) is 6.92 Å². The van der Waals surface area contributed by atoms with Crippen molar-refractivity contribution in [3.8, 4) is 0 Å². The maximum atomic E-state index is 10.6. The lowest BCUT2D eigenvalue weighted by Gasteiger charge is -2.33. The van der Waals surface area contributed by atoms with Crippen LogP contribution in [0, 0.1) is 5.92 Å². The van der Waals surface area contributed by atoms with Crippen LogP contribution in [-0.2, 0) is 0 Å². The van der Waals surface area contributed by atoms with Gasteiger partial charge in [-0.15, -0.1) is 0 Å². The second kappa shape index (κ2) is 21.3. The van der Waals surface area contributed by atoms with Gasteiger partial charge >= 0.3 is 0 Å². The molecule has 0 aromatic heterocycles. The van der Waals surface area contributed by atoms with E-state index in [0.29, 0.717) is 6.42 Å². The van der Waals surface area contributed by atoms with Gasteiger partial charge < -0.3 is 15.3 Å². The van der Waals surface area contributed by atoms with Gasteiger partial charge in [-0.3, -0.25) is 10.6 Å². The van der Waals surface area contributed by atoms with E-state index >= 15 is 0 Å². The lowest BCUT2D eigenvalue weighted by Crippen LogP contribution is -2.57. The number of unbranched alkanes of at least 4 members (excludes halogenated alkanes) is 12. The predicted octanol–water partition coefficient (Wildman–Crippen LogP) is 5.86. The van der Waals surface area contributed by atoms with Crippen LogP contribution in [0.3, 0.4) is 0 Å². The summed E-state index contributed by atoms with van der Waals surface area (Å²) in [4.78, 5) is 0. The van der Waals surface area contributed by atoms with Gasteiger partial charge in [0, 0.05) is 12.1 Å². The van der Waals surface area contributed by atoms with Crippen LogP contribution in [0.15, 0.2) is 0 Å². The summed E-state index contributed by atoms with van der Waals surface area (Å²) in [6.45, 7) is 10.2. The molecule has 0 saturated heterocycles. The fourth-order valence-corrected chi connectivity index (χ4v) is 4.53. The Morgan fingerprint density at radius 2 is 1.03 bits per heavy atom. The SMILES string of the molecule is CCCCCCCCCCCCCCCC(O)N[C@@H](CCC)C(O)NC(C(C)C)C(C)O. The van der Waals surface area contributed by atoms with Crippen molar-refractivity contribution >= 4 is 0 Å². The molecule has 0 heterocycles. The van der Waals surface area contributed by atoms with E-state index in [1.165, 1.54) is 70.6 Å². The van der Waals surface area contributed by atoms with Gasteiger partial charge in [0.05, 0.1) is 6.10 Å². The smallest absolute Gasteiger partial charge is 0.120 e. The van der Waals surface area contributed by atoms with Crippen LogP contribution >= 0.6 is 0 Å². The van der Waals surface area contributed by atoms with Crippen LogP contribution in [0.25, 0.3) is 0 Å². The third kappa shape index (κ3) is 17.3. The van der Waals surface area contributed by atoms with Gasteiger partial charge in [-0.1, -0.05) is 111 Å². The molecule has 0 aliphatic rings. The molecule has 0 aromatic rings. The number of hydrogen-bond donors (Lipinski definition) is 5. The van der Waals surface area contributed by atoms with Crippen molar-refractivity contribution in [3.05, 3.63) is 0 Å². The number of hydrogen-bond acceptors (Lipinski definition) is 5. The molecule has 0 radical (unpaired) electrons. The largest absolute Gasteiger partial charge is 0.392 e. The van der Waals surface area contributed by atoms with Gasteiger partial charge in [0.25, 0.3) is 0 Å². The molecule has 0 saturated carbocycles. The Morgan fingerprint density at radius 1 is 0.562 bits per heavy atom. The van der Waals surface area contributed by atoms with Gasteiger partial charge in [-0.2, -0.15) is 0 Å². The highest BCUT2D eigenvalue weighted by Gasteiger charge is 2.27. The highest BCUT2D eigenvalue weighted by molar-refractivity contribution is 4.83. The monoisotopic (exact) mass is 458 g/mol. The van der Waals surface area contributed by atoms with E-state index in [-0.39, 0.29) is 18.0 Å². The summed E-state index contributed by atoms with van der Waals surface area (Å²) in [5.74, 6) is 0.211. The van der Waals surface area contributed by atoms with Crippen LogP contribution in [0.2, 0.25) is 0 Å². The molecule has 0 fully saturated rings. The van der Waals surface area contributed by atoms with Crippen LogP contribution in [-0.4, -0.2) is 46.0 Å². The summed E-state index contributed by atoms with van der Waals surface area (Å²) < 4.78 is 0. The maximum absolute atomic E-state index is 10.6. The molecular weight excluding hydrogens is 400 g/mol. The Hall–Kier alpha value is -0.200. The predicted molar refractivity (Wildman–Crippen MR) is 138 cm³/mol. The van der Waals surface area contributed by atoms with E-state index in [2.05, 4.69) is 24.5 Å². The van der Waals surface area contributed by atoms with Crippen LogP contribution in [0.1, 0.15) is 137 Å². The molecule has 5 N–H and O–H groups in total. The average molecular weight is 459 g/mol. The third-order valence-electron chi connectivity index (χ3n) is 6.57. The van der Waals surface area contributed by atoms with E-state index in [4.69, 9.17) is 0 Å². The number of rotatable bonds is 23. The third-order valence-corrected chi connectivity index (χ3v) is 6.57. The second-order valence-corrected chi connectivity index (χ2v) is 10.2. The zero-order valence-electron chi connectivity index (χ0n) is 22.1. The molecule has 0 bridgehead atoms. The van der Waals surface area contributed by atoms with Crippen molar-refractivity contribution in [2.45, 2.75) is 168 Å². The average Bonchev–Trinajstić information content (AvgIpc) is 2.74. The summed E-state index contributed by atoms with van der Waals surface area (Å²) >= 11 is 0. The van der Waals surface area contributed by atoms with Crippen molar-refractivity contribution in [2.75, 3.05) is 0 Å². The van der Waals surface area contributed by atoms with Crippen LogP contribution < -0.4 is 10.6 Å². The highest BCUT2D eigenvalue weighted by Crippen LogP contribution is 2.14. The van der Waals surface area contributed by atoms with Crippen molar-refractivity contribution < 1.29 is 15.3 Å². The van der Waals surface area contributed by atoms with Gasteiger partial charge in [0.2, 0.25) is 0 Å². The Morgan fingerprint density at radius 3 is 1.44 bits per heavy atom. The van der Waals surface area contributed by atoms with Gasteiger partial charge in [0.15, 0.2) is 0 Å². The Kier molecular flexibility index (Phi) is 21.2. The normalized spacial score (nSPS) is 16.8. The first-order valence-corrected chi connectivity index (χ1v) is 13.9. The van der Waals surface area contributed by atoms with Crippen molar-refractivity contribution in [1.29, 1.82) is 0 Å². The zero-order valence-corrected chi connectivity index (χ0v) is 22.1. The first kappa shape index (κ1) is 31.8. The molecular formula is C27H58N2O3. The molecule has 0 spiro atoms. The number of nitrogens with one attached hydrogen (secondary N) is 2. The van der Waals surface area contributed by atoms with Gasteiger partial charge in [0.1, 0.15) is 12.5 Å². The Labute approximate surface area is 200 Å². The van der Waals surface area contributed by atoms with Gasteiger partial charge in [-0.05, 0) is 32.1 Å². The summed E-state index contributed by atoms with van der Waals surface area (Å²) in [5, 5.41) is 37.4. The summed E-state index contributed by atoms with van der Waals surface area (Å²) in [7, 11) is 0. The maximum Gasteiger partial charge on any atom is 0.120 e. The molecule has 194 valence electrons. The molecule has 0 rings (SSSR count). The molecule has 5 nitrogen and oxygen atoms in total. The van der Waals surface area contributed by atoms with Gasteiger partial charge in [-0.25, -0.2) is 0 Å². The number of aliphatic hydroxyl groups excluding tert-OH is 3. The Bertz CT molecular complexity index is 385. The minimum Gasteiger partial charge on any atom is -0.392 e. The van der Waals surface area contributed by atoms with Crippen molar-refractivity contribution in [2.24, 2.45) is 5.92 Å². The van der Waals surface area contributed by atoms with E-state index in [1.807, 2.05) is 13.8 Å². The molecule has 0 aliphatic heterocycles. The molecule has 5 heteroatoms. The molecule has 5 atom stereocenters.